The van der Waals surface area contributed by atoms with Crippen LogP contribution < -0.4 is 5.73 Å². The molecule has 2 aliphatic carbocycles. The number of ether oxygens (including phenoxy) is 2. The van der Waals surface area contributed by atoms with Gasteiger partial charge in [-0.15, -0.1) is 0 Å². The molecule has 3 fully saturated rings. The molecule has 4 aliphatic rings. The third-order valence-electron chi connectivity index (χ3n) is 8.12. The van der Waals surface area contributed by atoms with Crippen molar-refractivity contribution in [1.29, 1.82) is 0 Å². The standard InChI is InChI=1S/C26H46N4O4S/c1-18(2)24(27)26(32)34-16-15-33-14-13-29-9-11-30(12-10-29)25-20-5-3-4-6-22(20)35-23-17-19(31)7-8-21(23)28-25/h18-24,31H,3-17,27H2,1-2H3. The van der Waals surface area contributed by atoms with Gasteiger partial charge in [0.15, 0.2) is 0 Å². The monoisotopic (exact) mass is 510 g/mol. The SMILES string of the molecule is CC(C)C(N)C(=O)OCCOCCN1CCN(C2=NC3CCC(O)CC3SC3CCCCC23)CC1. The molecule has 9 heteroatoms. The Balaban J connectivity index is 1.21. The summed E-state index contributed by atoms with van der Waals surface area (Å²) in [7, 11) is 0. The van der Waals surface area contributed by atoms with Gasteiger partial charge < -0.3 is 25.2 Å². The van der Waals surface area contributed by atoms with E-state index in [4.69, 9.17) is 20.2 Å². The highest BCUT2D eigenvalue weighted by atomic mass is 32.2. The summed E-state index contributed by atoms with van der Waals surface area (Å²) in [4.78, 5) is 22.2. The number of hydrogen-bond donors (Lipinski definition) is 2. The number of rotatable bonds is 8. The average Bonchev–Trinajstić information content (AvgIpc) is 3.02. The van der Waals surface area contributed by atoms with E-state index in [2.05, 4.69) is 21.6 Å². The molecule has 8 nitrogen and oxygen atoms in total. The highest BCUT2D eigenvalue weighted by Gasteiger charge is 2.41. The van der Waals surface area contributed by atoms with Gasteiger partial charge in [0.05, 0.1) is 25.4 Å². The van der Waals surface area contributed by atoms with Crippen molar-refractivity contribution in [3.8, 4) is 0 Å². The number of aliphatic hydroxyl groups excluding tert-OH is 1. The zero-order valence-electron chi connectivity index (χ0n) is 21.6. The first-order valence-corrected chi connectivity index (χ1v) is 14.7. The minimum Gasteiger partial charge on any atom is -0.462 e. The lowest BCUT2D eigenvalue weighted by Gasteiger charge is -2.41. The van der Waals surface area contributed by atoms with Gasteiger partial charge in [0.1, 0.15) is 18.5 Å². The first kappa shape index (κ1) is 27.2. The van der Waals surface area contributed by atoms with Gasteiger partial charge in [0.2, 0.25) is 0 Å². The lowest BCUT2D eigenvalue weighted by atomic mass is 9.86. The molecule has 2 aliphatic heterocycles. The van der Waals surface area contributed by atoms with E-state index < -0.39 is 6.04 Å². The lowest BCUT2D eigenvalue weighted by Crippen LogP contribution is -2.52. The Bertz CT molecular complexity index is 715. The Morgan fingerprint density at radius 2 is 1.86 bits per heavy atom. The Hall–Kier alpha value is -0.870. The maximum Gasteiger partial charge on any atom is 0.323 e. The number of aliphatic hydroxyl groups is 1. The van der Waals surface area contributed by atoms with Crippen molar-refractivity contribution in [3.05, 3.63) is 0 Å². The van der Waals surface area contributed by atoms with Gasteiger partial charge in [-0.25, -0.2) is 0 Å². The number of aliphatic imine (C=N–C) groups is 1. The second-order valence-electron chi connectivity index (χ2n) is 11.0. The van der Waals surface area contributed by atoms with E-state index in [9.17, 15) is 9.90 Å². The Morgan fingerprint density at radius 1 is 1.09 bits per heavy atom. The molecule has 3 N–H and O–H groups in total. The van der Waals surface area contributed by atoms with Crippen molar-refractivity contribution in [3.63, 3.8) is 0 Å². The van der Waals surface area contributed by atoms with Crippen LogP contribution in [0.2, 0.25) is 0 Å². The molecule has 0 bridgehead atoms. The molecule has 4 rings (SSSR count). The predicted molar refractivity (Wildman–Crippen MR) is 141 cm³/mol. The minimum absolute atomic E-state index is 0.0748. The zero-order valence-corrected chi connectivity index (χ0v) is 22.5. The fraction of sp³-hybridized carbons (Fsp3) is 0.923. The van der Waals surface area contributed by atoms with E-state index >= 15 is 0 Å². The first-order valence-electron chi connectivity index (χ1n) is 13.8. The van der Waals surface area contributed by atoms with Gasteiger partial charge in [-0.2, -0.15) is 11.8 Å². The summed E-state index contributed by atoms with van der Waals surface area (Å²) in [6.07, 6.45) is 7.89. The normalized spacial score (nSPS) is 32.9. The zero-order chi connectivity index (χ0) is 24.8. The minimum atomic E-state index is -0.567. The van der Waals surface area contributed by atoms with E-state index in [1.54, 1.807) is 0 Å². The van der Waals surface area contributed by atoms with Crippen LogP contribution in [0, 0.1) is 11.8 Å². The number of hydrogen-bond acceptors (Lipinski definition) is 9. The summed E-state index contributed by atoms with van der Waals surface area (Å²) in [5, 5.41) is 11.4. The molecule has 35 heavy (non-hydrogen) atoms. The predicted octanol–water partition coefficient (Wildman–Crippen LogP) is 2.13. The lowest BCUT2D eigenvalue weighted by molar-refractivity contribution is -0.147. The molecule has 0 amide bonds. The number of fused-ring (bicyclic) bond motifs is 2. The van der Waals surface area contributed by atoms with Gasteiger partial charge in [-0.1, -0.05) is 26.7 Å². The van der Waals surface area contributed by atoms with Crippen LogP contribution in [0.1, 0.15) is 58.8 Å². The average molecular weight is 511 g/mol. The van der Waals surface area contributed by atoms with Gasteiger partial charge in [0, 0.05) is 49.1 Å². The third-order valence-corrected chi connectivity index (χ3v) is 9.89. The molecule has 1 saturated heterocycles. The van der Waals surface area contributed by atoms with Crippen molar-refractivity contribution in [2.45, 2.75) is 87.5 Å². The summed E-state index contributed by atoms with van der Waals surface area (Å²) in [5.41, 5.74) is 5.80. The maximum atomic E-state index is 11.8. The van der Waals surface area contributed by atoms with Gasteiger partial charge in [-0.05, 0) is 38.0 Å². The molecule has 0 aromatic carbocycles. The topological polar surface area (TPSA) is 101 Å². The fourth-order valence-corrected chi connectivity index (χ4v) is 7.72. The molecular formula is C26H46N4O4S. The molecule has 6 unspecified atom stereocenters. The molecule has 200 valence electrons. The number of piperazine rings is 1. The largest absolute Gasteiger partial charge is 0.462 e. The molecule has 6 atom stereocenters. The van der Waals surface area contributed by atoms with Crippen molar-refractivity contribution in [2.24, 2.45) is 22.6 Å². The molecule has 2 saturated carbocycles. The van der Waals surface area contributed by atoms with Crippen LogP contribution in [0.5, 0.6) is 0 Å². The smallest absolute Gasteiger partial charge is 0.323 e. The van der Waals surface area contributed by atoms with Crippen molar-refractivity contribution >= 4 is 23.6 Å². The summed E-state index contributed by atoms with van der Waals surface area (Å²) in [5.74, 6) is 1.68. The van der Waals surface area contributed by atoms with E-state index in [0.717, 1.165) is 52.0 Å². The Kier molecular flexibility index (Phi) is 10.2. The van der Waals surface area contributed by atoms with E-state index in [1.807, 2.05) is 13.8 Å². The number of thioether (sulfide) groups is 1. The number of nitrogens with zero attached hydrogens (tertiary/aromatic N) is 3. The first-order chi connectivity index (χ1) is 16.9. The Labute approximate surface area is 215 Å². The highest BCUT2D eigenvalue weighted by molar-refractivity contribution is 8.00. The van der Waals surface area contributed by atoms with Crippen LogP contribution in [-0.2, 0) is 14.3 Å². The van der Waals surface area contributed by atoms with Crippen LogP contribution in [0.4, 0.5) is 0 Å². The highest BCUT2D eigenvalue weighted by Crippen LogP contribution is 2.44. The van der Waals surface area contributed by atoms with Gasteiger partial charge >= 0.3 is 5.97 Å². The van der Waals surface area contributed by atoms with Crippen LogP contribution in [-0.4, -0.2) is 108 Å². The van der Waals surface area contributed by atoms with Crippen LogP contribution >= 0.6 is 11.8 Å². The molecule has 2 heterocycles. The van der Waals surface area contributed by atoms with Gasteiger partial charge in [0.25, 0.3) is 0 Å². The second-order valence-corrected chi connectivity index (χ2v) is 12.5. The van der Waals surface area contributed by atoms with Crippen LogP contribution in [0.25, 0.3) is 0 Å². The molecule has 0 spiro atoms. The Morgan fingerprint density at radius 3 is 2.63 bits per heavy atom. The van der Waals surface area contributed by atoms with E-state index in [1.165, 1.54) is 31.5 Å². The van der Waals surface area contributed by atoms with E-state index in [0.29, 0.717) is 35.7 Å². The number of nitrogens with two attached hydrogens (primary N) is 1. The number of carbonyl (C=O) groups is 1. The molecular weight excluding hydrogens is 464 g/mol. The summed E-state index contributed by atoms with van der Waals surface area (Å²) < 4.78 is 10.9. The molecule has 0 aromatic heterocycles. The van der Waals surface area contributed by atoms with Crippen LogP contribution in [0.15, 0.2) is 4.99 Å². The van der Waals surface area contributed by atoms with Gasteiger partial charge in [-0.3, -0.25) is 14.7 Å². The fourth-order valence-electron chi connectivity index (χ4n) is 5.81. The van der Waals surface area contributed by atoms with Crippen molar-refractivity contribution < 1.29 is 19.4 Å². The second kappa shape index (κ2) is 13.1. The van der Waals surface area contributed by atoms with Crippen molar-refractivity contribution in [1.82, 2.24) is 9.80 Å². The maximum absolute atomic E-state index is 11.8. The van der Waals surface area contributed by atoms with Crippen LogP contribution in [0.3, 0.4) is 0 Å². The molecule has 0 radical (unpaired) electrons. The number of esters is 1. The third kappa shape index (κ3) is 7.34. The summed E-state index contributed by atoms with van der Waals surface area (Å²) in [6, 6.07) is -0.193. The quantitative estimate of drug-likeness (QED) is 0.378. The number of carbonyl (C=O) groups excluding carboxylic acids is 1. The van der Waals surface area contributed by atoms with Crippen molar-refractivity contribution in [2.75, 3.05) is 52.5 Å². The van der Waals surface area contributed by atoms with E-state index in [-0.39, 0.29) is 24.6 Å². The molecule has 0 aromatic rings. The summed E-state index contributed by atoms with van der Waals surface area (Å²) >= 11 is 2.15. The number of amidine groups is 1. The summed E-state index contributed by atoms with van der Waals surface area (Å²) in [6.45, 7) is 10.1.